The third-order valence-electron chi connectivity index (χ3n) is 4.92. The smallest absolute Gasteiger partial charge is 0.338 e. The lowest BCUT2D eigenvalue weighted by Crippen LogP contribution is -2.30. The van der Waals surface area contributed by atoms with Crippen molar-refractivity contribution in [2.24, 2.45) is 17.8 Å². The molecule has 4 unspecified atom stereocenters. The second-order valence-corrected chi connectivity index (χ2v) is 6.10. The van der Waals surface area contributed by atoms with Crippen LogP contribution in [0.15, 0.2) is 12.3 Å². The number of halogens is 1. The first-order valence-corrected chi connectivity index (χ1v) is 7.20. The van der Waals surface area contributed by atoms with Crippen LogP contribution in [-0.4, -0.2) is 22.1 Å². The summed E-state index contributed by atoms with van der Waals surface area (Å²) in [6, 6.07) is 1.31. The van der Waals surface area contributed by atoms with Crippen LogP contribution in [0, 0.1) is 23.6 Å². The Kier molecular flexibility index (Phi) is 3.36. The molecule has 1 aromatic heterocycles. The molecule has 2 fully saturated rings. The van der Waals surface area contributed by atoms with Gasteiger partial charge in [-0.15, -0.1) is 0 Å². The summed E-state index contributed by atoms with van der Waals surface area (Å²) in [7, 11) is 0. The van der Waals surface area contributed by atoms with E-state index in [0.29, 0.717) is 5.92 Å². The fourth-order valence-electron chi connectivity index (χ4n) is 3.94. The summed E-state index contributed by atoms with van der Waals surface area (Å²) >= 11 is 0. The maximum Gasteiger partial charge on any atom is 0.338 e. The number of hydrogen-bond acceptors (Lipinski definition) is 3. The number of carboxylic acids is 1. The molecule has 0 spiro atoms. The van der Waals surface area contributed by atoms with Gasteiger partial charge in [0.2, 0.25) is 0 Å². The molecule has 0 radical (unpaired) electrons. The molecule has 108 valence electrons. The number of fused-ring (bicyclic) bond motifs is 2. The standard InChI is InChI=1S/C15H19FN2O2/c1-8(12-7-9-2-3-10(12)6-9)18-14-13(16)11(15(19)20)4-5-17-14/h4-5,8-10,12H,2-3,6-7H2,1H3,(H,17,18)(H,19,20). The monoisotopic (exact) mass is 278 g/mol. The van der Waals surface area contributed by atoms with Gasteiger partial charge in [0, 0.05) is 12.2 Å². The topological polar surface area (TPSA) is 62.2 Å². The van der Waals surface area contributed by atoms with Gasteiger partial charge in [-0.3, -0.25) is 0 Å². The minimum atomic E-state index is -1.26. The second-order valence-electron chi connectivity index (χ2n) is 6.10. The van der Waals surface area contributed by atoms with Crippen molar-refractivity contribution in [2.75, 3.05) is 5.32 Å². The Morgan fingerprint density at radius 1 is 1.50 bits per heavy atom. The van der Waals surface area contributed by atoms with Crippen molar-refractivity contribution in [1.82, 2.24) is 4.98 Å². The lowest BCUT2D eigenvalue weighted by molar-refractivity contribution is 0.0692. The second kappa shape index (κ2) is 5.04. The molecular formula is C15H19FN2O2. The van der Waals surface area contributed by atoms with Gasteiger partial charge >= 0.3 is 5.97 Å². The maximum absolute atomic E-state index is 14.1. The first kappa shape index (κ1) is 13.3. The highest BCUT2D eigenvalue weighted by Gasteiger charge is 2.42. The third kappa shape index (κ3) is 2.25. The van der Waals surface area contributed by atoms with Gasteiger partial charge < -0.3 is 10.4 Å². The summed E-state index contributed by atoms with van der Waals surface area (Å²) in [6.07, 6.45) is 6.42. The molecule has 5 heteroatoms. The zero-order chi connectivity index (χ0) is 14.3. The summed E-state index contributed by atoms with van der Waals surface area (Å²) in [5, 5.41) is 12.0. The van der Waals surface area contributed by atoms with Crippen LogP contribution in [-0.2, 0) is 0 Å². The highest BCUT2D eigenvalue weighted by molar-refractivity contribution is 5.88. The molecular weight excluding hydrogens is 259 g/mol. The highest BCUT2D eigenvalue weighted by Crippen LogP contribution is 2.49. The maximum atomic E-state index is 14.1. The van der Waals surface area contributed by atoms with Gasteiger partial charge in [-0.25, -0.2) is 14.2 Å². The lowest BCUT2D eigenvalue weighted by atomic mass is 9.84. The zero-order valence-corrected chi connectivity index (χ0v) is 11.5. The van der Waals surface area contributed by atoms with Gasteiger partial charge in [-0.1, -0.05) is 6.42 Å². The summed E-state index contributed by atoms with van der Waals surface area (Å²) in [6.45, 7) is 2.04. The van der Waals surface area contributed by atoms with Gasteiger partial charge in [0.15, 0.2) is 11.6 Å². The molecule has 1 aromatic rings. The number of nitrogens with zero attached hydrogens (tertiary/aromatic N) is 1. The first-order valence-electron chi connectivity index (χ1n) is 7.20. The number of nitrogens with one attached hydrogen (secondary N) is 1. The number of hydrogen-bond donors (Lipinski definition) is 2. The number of aromatic nitrogens is 1. The Morgan fingerprint density at radius 3 is 2.90 bits per heavy atom. The van der Waals surface area contributed by atoms with Crippen LogP contribution in [0.3, 0.4) is 0 Å². The van der Waals surface area contributed by atoms with Crippen molar-refractivity contribution in [1.29, 1.82) is 0 Å². The van der Waals surface area contributed by atoms with E-state index >= 15 is 0 Å². The number of aromatic carboxylic acids is 1. The Labute approximate surface area is 117 Å². The summed E-state index contributed by atoms with van der Waals surface area (Å²) in [4.78, 5) is 14.9. The van der Waals surface area contributed by atoms with Crippen molar-refractivity contribution in [2.45, 2.75) is 38.6 Å². The van der Waals surface area contributed by atoms with Crippen LogP contribution in [0.2, 0.25) is 0 Å². The average molecular weight is 278 g/mol. The molecule has 3 rings (SSSR count). The van der Waals surface area contributed by atoms with E-state index in [0.717, 1.165) is 11.8 Å². The van der Waals surface area contributed by atoms with Crippen molar-refractivity contribution >= 4 is 11.8 Å². The molecule has 2 aliphatic carbocycles. The Balaban J connectivity index is 1.74. The number of rotatable bonds is 4. The van der Waals surface area contributed by atoms with Crippen LogP contribution in [0.1, 0.15) is 43.0 Å². The number of anilines is 1. The fraction of sp³-hybridized carbons (Fsp3) is 0.600. The summed E-state index contributed by atoms with van der Waals surface area (Å²) in [5.74, 6) is 0.129. The molecule has 2 N–H and O–H groups in total. The SMILES string of the molecule is CC(Nc1nccc(C(=O)O)c1F)C1CC2CCC1C2. The molecule has 20 heavy (non-hydrogen) atoms. The number of carbonyl (C=O) groups is 1. The van der Waals surface area contributed by atoms with Gasteiger partial charge in [-0.05, 0) is 50.0 Å². The van der Waals surface area contributed by atoms with Crippen molar-refractivity contribution in [3.63, 3.8) is 0 Å². The van der Waals surface area contributed by atoms with Gasteiger partial charge in [0.1, 0.15) is 5.56 Å². The van der Waals surface area contributed by atoms with Crippen LogP contribution >= 0.6 is 0 Å². The molecule has 0 saturated heterocycles. The summed E-state index contributed by atoms with van der Waals surface area (Å²) < 4.78 is 14.1. The van der Waals surface area contributed by atoms with Crippen molar-refractivity contribution < 1.29 is 14.3 Å². The third-order valence-corrected chi connectivity index (χ3v) is 4.92. The van der Waals surface area contributed by atoms with Crippen LogP contribution in [0.25, 0.3) is 0 Å². The van der Waals surface area contributed by atoms with E-state index in [1.807, 2.05) is 6.92 Å². The van der Waals surface area contributed by atoms with E-state index in [2.05, 4.69) is 10.3 Å². The molecule has 4 atom stereocenters. The van der Waals surface area contributed by atoms with Crippen LogP contribution in [0.5, 0.6) is 0 Å². The molecule has 0 aromatic carbocycles. The van der Waals surface area contributed by atoms with E-state index in [4.69, 9.17) is 5.11 Å². The van der Waals surface area contributed by atoms with Gasteiger partial charge in [0.05, 0.1) is 0 Å². The number of pyridine rings is 1. The van der Waals surface area contributed by atoms with Crippen molar-refractivity contribution in [3.05, 3.63) is 23.6 Å². The predicted molar refractivity (Wildman–Crippen MR) is 73.2 cm³/mol. The Hall–Kier alpha value is -1.65. The molecule has 1 heterocycles. The minimum Gasteiger partial charge on any atom is -0.478 e. The van der Waals surface area contributed by atoms with Gasteiger partial charge in [-0.2, -0.15) is 0 Å². The van der Waals surface area contributed by atoms with E-state index in [1.165, 1.54) is 37.9 Å². The largest absolute Gasteiger partial charge is 0.478 e. The quantitative estimate of drug-likeness (QED) is 0.888. The molecule has 2 aliphatic rings. The van der Waals surface area contributed by atoms with Crippen LogP contribution in [0.4, 0.5) is 10.2 Å². The predicted octanol–water partition coefficient (Wildman–Crippen LogP) is 3.16. The Morgan fingerprint density at radius 2 is 2.30 bits per heavy atom. The van der Waals surface area contributed by atoms with E-state index in [1.54, 1.807) is 0 Å². The number of carboxylic acid groups (broad SMARTS) is 1. The zero-order valence-electron chi connectivity index (χ0n) is 11.5. The van der Waals surface area contributed by atoms with Crippen molar-refractivity contribution in [3.8, 4) is 0 Å². The lowest BCUT2D eigenvalue weighted by Gasteiger charge is -2.29. The average Bonchev–Trinajstić information content (AvgIpc) is 3.03. The molecule has 0 amide bonds. The highest BCUT2D eigenvalue weighted by atomic mass is 19.1. The molecule has 2 bridgehead atoms. The normalized spacial score (nSPS) is 29.4. The van der Waals surface area contributed by atoms with E-state index < -0.39 is 11.8 Å². The van der Waals surface area contributed by atoms with Crippen LogP contribution < -0.4 is 5.32 Å². The Bertz CT molecular complexity index is 535. The first-order chi connectivity index (χ1) is 9.56. The van der Waals surface area contributed by atoms with Gasteiger partial charge in [0.25, 0.3) is 0 Å². The van der Waals surface area contributed by atoms with E-state index in [-0.39, 0.29) is 17.4 Å². The fourth-order valence-corrected chi connectivity index (χ4v) is 3.94. The molecule has 2 saturated carbocycles. The minimum absolute atomic E-state index is 0.0557. The summed E-state index contributed by atoms with van der Waals surface area (Å²) in [5.41, 5.74) is -0.331. The molecule has 0 aliphatic heterocycles. The van der Waals surface area contributed by atoms with E-state index in [9.17, 15) is 9.18 Å². The molecule has 4 nitrogen and oxygen atoms in total.